The van der Waals surface area contributed by atoms with E-state index in [0.717, 1.165) is 28.0 Å². The zero-order valence-electron chi connectivity index (χ0n) is 21.4. The molecule has 0 saturated carbocycles. The van der Waals surface area contributed by atoms with Crippen molar-refractivity contribution in [2.45, 2.75) is 55.5 Å². The number of hydrogen-bond acceptors (Lipinski definition) is 7. The van der Waals surface area contributed by atoms with E-state index in [0.29, 0.717) is 0 Å². The fourth-order valence-electron chi connectivity index (χ4n) is 3.94. The molecule has 9 heteroatoms. The van der Waals surface area contributed by atoms with Crippen molar-refractivity contribution in [3.63, 3.8) is 0 Å². The van der Waals surface area contributed by atoms with Gasteiger partial charge in [-0.05, 0) is 69.8 Å². The third-order valence-electron chi connectivity index (χ3n) is 5.62. The van der Waals surface area contributed by atoms with Crippen molar-refractivity contribution >= 4 is 47.3 Å². The largest absolute Gasteiger partial charge is 0.510 e. The summed E-state index contributed by atoms with van der Waals surface area (Å²) in [5.74, 6) is 0. The van der Waals surface area contributed by atoms with Crippen LogP contribution in [-0.2, 0) is 16.0 Å². The molecule has 4 rings (SSSR count). The van der Waals surface area contributed by atoms with E-state index >= 15 is 0 Å². The fraction of sp³-hybridized carbons (Fsp3) is 0.286. The van der Waals surface area contributed by atoms with Crippen molar-refractivity contribution in [3.05, 3.63) is 84.2 Å². The Bertz CT molecular complexity index is 1290. The third-order valence-corrected chi connectivity index (χ3v) is 6.73. The summed E-state index contributed by atoms with van der Waals surface area (Å²) >= 11 is 1.75. The number of nitrogens with one attached hydrogen (secondary N) is 2. The maximum Gasteiger partial charge on any atom is 0.510 e. The lowest BCUT2D eigenvalue weighted by atomic mass is 10.1. The number of hydrogen-bond donors (Lipinski definition) is 2. The highest BCUT2D eigenvalue weighted by atomic mass is 35.5. The summed E-state index contributed by atoms with van der Waals surface area (Å²) in [5, 5.41) is 12.0. The molecule has 0 aliphatic carbocycles. The maximum atomic E-state index is 11.9. The van der Waals surface area contributed by atoms with Crippen molar-refractivity contribution in [2.75, 3.05) is 7.05 Å². The summed E-state index contributed by atoms with van der Waals surface area (Å²) in [6, 6.07) is 14.7. The van der Waals surface area contributed by atoms with Gasteiger partial charge in [0.05, 0.1) is 23.4 Å². The molecule has 0 amide bonds. The molecule has 2 N–H and O–H groups in total. The van der Waals surface area contributed by atoms with Crippen molar-refractivity contribution in [2.24, 2.45) is 0 Å². The predicted octanol–water partition coefficient (Wildman–Crippen LogP) is 6.53. The highest BCUT2D eigenvalue weighted by molar-refractivity contribution is 7.99. The van der Waals surface area contributed by atoms with Gasteiger partial charge in [-0.2, -0.15) is 5.10 Å². The highest BCUT2D eigenvalue weighted by Crippen LogP contribution is 2.33. The van der Waals surface area contributed by atoms with Gasteiger partial charge < -0.3 is 19.7 Å². The SMILES string of the molecule is CNCc1ccccc1Sc1ccc2c(/C=C/C3C=CC=CN3C(C)OC(=O)OC(C)C)n[nH]c2c1.Cl. The van der Waals surface area contributed by atoms with Crippen LogP contribution < -0.4 is 5.32 Å². The molecule has 0 saturated heterocycles. The number of rotatable bonds is 9. The van der Waals surface area contributed by atoms with Crippen LogP contribution in [0, 0.1) is 0 Å². The molecular weight excluding hydrogens is 508 g/mol. The van der Waals surface area contributed by atoms with E-state index in [1.165, 1.54) is 10.5 Å². The summed E-state index contributed by atoms with van der Waals surface area (Å²) in [6.07, 6.45) is 10.5. The number of ether oxygens (including phenoxy) is 2. The first-order chi connectivity index (χ1) is 17.4. The molecule has 2 unspecified atom stereocenters. The van der Waals surface area contributed by atoms with Crippen LogP contribution in [0.15, 0.2) is 82.8 Å². The Kier molecular flexibility index (Phi) is 10.3. The van der Waals surface area contributed by atoms with E-state index < -0.39 is 12.4 Å². The van der Waals surface area contributed by atoms with Gasteiger partial charge in [0.15, 0.2) is 6.23 Å². The number of H-pyrrole nitrogens is 1. The van der Waals surface area contributed by atoms with Crippen molar-refractivity contribution in [3.8, 4) is 0 Å². The lowest BCUT2D eigenvalue weighted by molar-refractivity contribution is -0.0346. The zero-order chi connectivity index (χ0) is 25.5. The van der Waals surface area contributed by atoms with Gasteiger partial charge in [-0.15, -0.1) is 12.4 Å². The topological polar surface area (TPSA) is 79.5 Å². The van der Waals surface area contributed by atoms with Crippen molar-refractivity contribution in [1.29, 1.82) is 0 Å². The highest BCUT2D eigenvalue weighted by Gasteiger charge is 2.22. The smallest absolute Gasteiger partial charge is 0.432 e. The number of aromatic amines is 1. The van der Waals surface area contributed by atoms with Gasteiger partial charge in [0.1, 0.15) is 0 Å². The van der Waals surface area contributed by atoms with Crippen LogP contribution in [0.3, 0.4) is 0 Å². The normalized spacial score (nSPS) is 15.8. The maximum absolute atomic E-state index is 11.9. The van der Waals surface area contributed by atoms with Gasteiger partial charge in [0.2, 0.25) is 0 Å². The zero-order valence-corrected chi connectivity index (χ0v) is 23.0. The minimum Gasteiger partial charge on any atom is -0.432 e. The van der Waals surface area contributed by atoms with E-state index in [1.54, 1.807) is 25.6 Å². The first-order valence-electron chi connectivity index (χ1n) is 12.0. The lowest BCUT2D eigenvalue weighted by Crippen LogP contribution is -2.39. The van der Waals surface area contributed by atoms with Gasteiger partial charge in [-0.3, -0.25) is 5.10 Å². The number of benzene rings is 2. The van der Waals surface area contributed by atoms with Crippen LogP contribution in [0.4, 0.5) is 4.79 Å². The molecule has 1 aromatic heterocycles. The monoisotopic (exact) mass is 540 g/mol. The predicted molar refractivity (Wildman–Crippen MR) is 152 cm³/mol. The molecule has 0 spiro atoms. The number of carbonyl (C=O) groups excluding carboxylic acids is 1. The van der Waals surface area contributed by atoms with Gasteiger partial charge in [-0.1, -0.05) is 48.2 Å². The molecular formula is C28H33ClN4O3S. The Morgan fingerprint density at radius 3 is 2.78 bits per heavy atom. The number of nitrogens with zero attached hydrogens (tertiary/aromatic N) is 2. The molecule has 37 heavy (non-hydrogen) atoms. The summed E-state index contributed by atoms with van der Waals surface area (Å²) in [4.78, 5) is 16.3. The summed E-state index contributed by atoms with van der Waals surface area (Å²) in [5.41, 5.74) is 3.11. The van der Waals surface area contributed by atoms with Gasteiger partial charge in [0.25, 0.3) is 0 Å². The molecule has 2 atom stereocenters. The van der Waals surface area contributed by atoms with Crippen LogP contribution in [0.2, 0.25) is 0 Å². The van der Waals surface area contributed by atoms with Gasteiger partial charge in [-0.25, -0.2) is 4.79 Å². The molecule has 0 radical (unpaired) electrons. The molecule has 196 valence electrons. The number of fused-ring (bicyclic) bond motifs is 1. The molecule has 0 fully saturated rings. The van der Waals surface area contributed by atoms with Gasteiger partial charge in [0, 0.05) is 27.9 Å². The first-order valence-corrected chi connectivity index (χ1v) is 12.8. The van der Waals surface area contributed by atoms with Gasteiger partial charge >= 0.3 is 6.16 Å². The Morgan fingerprint density at radius 1 is 1.19 bits per heavy atom. The average molecular weight is 541 g/mol. The third kappa shape index (κ3) is 7.41. The molecule has 2 heterocycles. The van der Waals surface area contributed by atoms with Crippen molar-refractivity contribution < 1.29 is 14.3 Å². The summed E-state index contributed by atoms with van der Waals surface area (Å²) in [6.45, 7) is 6.23. The van der Waals surface area contributed by atoms with E-state index in [4.69, 9.17) is 9.47 Å². The average Bonchev–Trinajstić information content (AvgIpc) is 3.26. The van der Waals surface area contributed by atoms with Crippen LogP contribution in [0.25, 0.3) is 17.0 Å². The minimum absolute atomic E-state index is 0. The van der Waals surface area contributed by atoms with E-state index in [9.17, 15) is 4.79 Å². The second-order valence-corrected chi connectivity index (χ2v) is 9.83. The molecule has 7 nitrogen and oxygen atoms in total. The Labute approximate surface area is 228 Å². The van der Waals surface area contributed by atoms with Crippen LogP contribution in [-0.4, -0.2) is 46.7 Å². The Morgan fingerprint density at radius 2 is 2.00 bits per heavy atom. The molecule has 0 bridgehead atoms. The minimum atomic E-state index is -0.677. The van der Waals surface area contributed by atoms with E-state index in [1.807, 2.05) is 55.5 Å². The second kappa shape index (κ2) is 13.4. The lowest BCUT2D eigenvalue weighted by Gasteiger charge is -2.33. The van der Waals surface area contributed by atoms with E-state index in [-0.39, 0.29) is 24.6 Å². The van der Waals surface area contributed by atoms with Crippen LogP contribution in [0.1, 0.15) is 32.0 Å². The molecule has 1 aliphatic rings. The summed E-state index contributed by atoms with van der Waals surface area (Å²) < 4.78 is 10.6. The second-order valence-electron chi connectivity index (χ2n) is 8.71. The molecule has 1 aliphatic heterocycles. The number of allylic oxidation sites excluding steroid dienone is 2. The molecule has 3 aromatic rings. The first kappa shape index (κ1) is 28.4. The van der Waals surface area contributed by atoms with E-state index in [2.05, 4.69) is 58.0 Å². The summed E-state index contributed by atoms with van der Waals surface area (Å²) in [7, 11) is 1.96. The number of aromatic nitrogens is 2. The Balaban J connectivity index is 0.00000380. The standard InChI is InChI=1S/C28H32N4O3S.ClH/c1-19(2)34-28(33)35-20(3)32-16-8-7-10-22(32)12-15-25-24-14-13-23(17-26(24)31-30-25)36-27-11-6-5-9-21(27)18-29-4;/h5-17,19-20,22,29H,18H2,1-4H3,(H,30,31);1H/b15-12+;. The Hall–Kier alpha value is -3.20. The van der Waals surface area contributed by atoms with Crippen LogP contribution >= 0.6 is 24.2 Å². The quantitative estimate of drug-likeness (QED) is 0.299. The number of halogens is 1. The van der Waals surface area contributed by atoms with Crippen LogP contribution in [0.5, 0.6) is 0 Å². The molecule has 2 aromatic carbocycles. The fourth-order valence-corrected chi connectivity index (χ4v) is 4.93. The van der Waals surface area contributed by atoms with Crippen molar-refractivity contribution in [1.82, 2.24) is 20.4 Å². The number of carbonyl (C=O) groups is 1.